The van der Waals surface area contributed by atoms with Crippen LogP contribution in [0.4, 0.5) is 10.1 Å². The van der Waals surface area contributed by atoms with Crippen LogP contribution in [0.25, 0.3) is 0 Å². The third kappa shape index (κ3) is 4.20. The molecule has 5 nitrogen and oxygen atoms in total. The van der Waals surface area contributed by atoms with E-state index in [9.17, 15) is 18.8 Å². The molecule has 1 aromatic rings. The Labute approximate surface area is 139 Å². The lowest BCUT2D eigenvalue weighted by Crippen LogP contribution is -2.35. The number of rotatable bonds is 3. The SMILES string of the molecule is CC(=O)C(=O)N1CC[C@H](C(=O)Nc2ccc(F)c(Cl)c2)C1.S. The van der Waals surface area contributed by atoms with Crippen LogP contribution in [0.15, 0.2) is 18.2 Å². The first kappa shape index (κ1) is 18.4. The summed E-state index contributed by atoms with van der Waals surface area (Å²) in [6, 6.07) is 3.90. The highest BCUT2D eigenvalue weighted by Gasteiger charge is 2.32. The predicted molar refractivity (Wildman–Crippen MR) is 85.8 cm³/mol. The van der Waals surface area contributed by atoms with Crippen LogP contribution in [-0.4, -0.2) is 35.6 Å². The average molecular weight is 347 g/mol. The average Bonchev–Trinajstić information content (AvgIpc) is 2.91. The molecule has 0 unspecified atom stereocenters. The molecule has 0 spiro atoms. The van der Waals surface area contributed by atoms with Crippen LogP contribution in [0.1, 0.15) is 13.3 Å². The minimum absolute atomic E-state index is 0. The lowest BCUT2D eigenvalue weighted by atomic mass is 10.1. The number of nitrogens with zero attached hydrogens (tertiary/aromatic N) is 1. The first-order chi connectivity index (χ1) is 9.88. The number of likely N-dealkylation sites (tertiary alicyclic amines) is 1. The normalized spacial score (nSPS) is 16.9. The van der Waals surface area contributed by atoms with Crippen molar-refractivity contribution < 1.29 is 18.8 Å². The molecule has 1 aliphatic rings. The van der Waals surface area contributed by atoms with Gasteiger partial charge in [-0.1, -0.05) is 11.6 Å². The Morgan fingerprint density at radius 1 is 1.36 bits per heavy atom. The van der Waals surface area contributed by atoms with Crippen molar-refractivity contribution in [2.75, 3.05) is 18.4 Å². The molecule has 0 bridgehead atoms. The molecule has 2 amide bonds. The third-order valence-corrected chi connectivity index (χ3v) is 3.62. The van der Waals surface area contributed by atoms with Crippen molar-refractivity contribution >= 4 is 48.4 Å². The zero-order valence-corrected chi connectivity index (χ0v) is 13.6. The molecule has 22 heavy (non-hydrogen) atoms. The number of Topliss-reactive ketones (excluding diaryl/α,β-unsaturated/α-hetero) is 1. The topological polar surface area (TPSA) is 66.5 Å². The standard InChI is InChI=1S/C14H14ClFN2O3.H2S/c1-8(19)14(21)18-5-4-9(7-18)13(20)17-10-2-3-12(16)11(15)6-10;/h2-3,6,9H,4-5,7H2,1H3,(H,17,20);1H2/t9-;/m0./s1. The van der Waals surface area contributed by atoms with Gasteiger partial charge in [0, 0.05) is 25.7 Å². The maximum absolute atomic E-state index is 13.0. The number of ketones is 1. The van der Waals surface area contributed by atoms with Crippen molar-refractivity contribution in [3.63, 3.8) is 0 Å². The van der Waals surface area contributed by atoms with Gasteiger partial charge in [-0.25, -0.2) is 4.39 Å². The van der Waals surface area contributed by atoms with Crippen LogP contribution >= 0.6 is 25.1 Å². The van der Waals surface area contributed by atoms with Crippen LogP contribution in [0.3, 0.4) is 0 Å². The fraction of sp³-hybridized carbons (Fsp3) is 0.357. The molecule has 1 heterocycles. The maximum atomic E-state index is 13.0. The molecule has 0 aromatic heterocycles. The minimum Gasteiger partial charge on any atom is -0.335 e. The minimum atomic E-state index is -0.574. The highest BCUT2D eigenvalue weighted by Crippen LogP contribution is 2.22. The van der Waals surface area contributed by atoms with Gasteiger partial charge in [-0.3, -0.25) is 14.4 Å². The molecule has 1 atom stereocenters. The molecule has 1 N–H and O–H groups in total. The molecule has 0 radical (unpaired) electrons. The van der Waals surface area contributed by atoms with Gasteiger partial charge >= 0.3 is 0 Å². The van der Waals surface area contributed by atoms with E-state index in [1.807, 2.05) is 0 Å². The Bertz CT molecular complexity index is 612. The van der Waals surface area contributed by atoms with Crippen LogP contribution in [0.2, 0.25) is 5.02 Å². The summed E-state index contributed by atoms with van der Waals surface area (Å²) in [5, 5.41) is 2.55. The summed E-state index contributed by atoms with van der Waals surface area (Å²) < 4.78 is 13.0. The van der Waals surface area contributed by atoms with E-state index in [4.69, 9.17) is 11.6 Å². The molecule has 1 aromatic carbocycles. The van der Waals surface area contributed by atoms with Gasteiger partial charge in [0.15, 0.2) is 0 Å². The molecule has 120 valence electrons. The fourth-order valence-corrected chi connectivity index (χ4v) is 2.38. The quantitative estimate of drug-likeness (QED) is 0.851. The molecule has 1 fully saturated rings. The van der Waals surface area contributed by atoms with E-state index in [0.29, 0.717) is 18.7 Å². The first-order valence-corrected chi connectivity index (χ1v) is 6.82. The molecule has 0 aliphatic carbocycles. The highest BCUT2D eigenvalue weighted by molar-refractivity contribution is 7.59. The van der Waals surface area contributed by atoms with Crippen molar-refractivity contribution in [2.24, 2.45) is 5.92 Å². The Balaban J connectivity index is 0.00000242. The first-order valence-electron chi connectivity index (χ1n) is 6.44. The van der Waals surface area contributed by atoms with Gasteiger partial charge < -0.3 is 10.2 Å². The van der Waals surface area contributed by atoms with Crippen molar-refractivity contribution in [1.82, 2.24) is 4.90 Å². The predicted octanol–water partition coefficient (Wildman–Crippen LogP) is 1.97. The van der Waals surface area contributed by atoms with Crippen LogP contribution < -0.4 is 5.32 Å². The van der Waals surface area contributed by atoms with Gasteiger partial charge in [0.05, 0.1) is 10.9 Å². The molecule has 1 saturated heterocycles. The van der Waals surface area contributed by atoms with Crippen LogP contribution in [-0.2, 0) is 14.4 Å². The maximum Gasteiger partial charge on any atom is 0.289 e. The zero-order valence-electron chi connectivity index (χ0n) is 11.9. The number of benzene rings is 1. The number of carbonyl (C=O) groups excluding carboxylic acids is 3. The zero-order chi connectivity index (χ0) is 15.6. The van der Waals surface area contributed by atoms with Gasteiger partial charge in [0.2, 0.25) is 11.7 Å². The number of carbonyl (C=O) groups is 3. The summed E-state index contributed by atoms with van der Waals surface area (Å²) in [5.41, 5.74) is 0.391. The lowest BCUT2D eigenvalue weighted by molar-refractivity contribution is -0.143. The van der Waals surface area contributed by atoms with E-state index in [2.05, 4.69) is 5.32 Å². The Kier molecular flexibility index (Phi) is 6.37. The number of amides is 2. The Hall–Kier alpha value is -1.60. The summed E-state index contributed by atoms with van der Waals surface area (Å²) >= 11 is 5.64. The smallest absolute Gasteiger partial charge is 0.289 e. The summed E-state index contributed by atoms with van der Waals surface area (Å²) in [4.78, 5) is 36.0. The van der Waals surface area contributed by atoms with Crippen molar-refractivity contribution in [3.8, 4) is 0 Å². The number of hydrogen-bond acceptors (Lipinski definition) is 3. The van der Waals surface area contributed by atoms with Crippen molar-refractivity contribution in [3.05, 3.63) is 29.0 Å². The summed E-state index contributed by atoms with van der Waals surface area (Å²) in [5.74, 6) is -2.35. The Morgan fingerprint density at radius 2 is 2.05 bits per heavy atom. The second kappa shape index (κ2) is 7.60. The van der Waals surface area contributed by atoms with Crippen LogP contribution in [0.5, 0.6) is 0 Å². The van der Waals surface area contributed by atoms with E-state index < -0.39 is 23.4 Å². The van der Waals surface area contributed by atoms with Crippen molar-refractivity contribution in [2.45, 2.75) is 13.3 Å². The van der Waals surface area contributed by atoms with E-state index in [-0.39, 0.29) is 31.0 Å². The molecular weight excluding hydrogens is 331 g/mol. The largest absolute Gasteiger partial charge is 0.335 e. The van der Waals surface area contributed by atoms with Gasteiger partial charge in [-0.05, 0) is 24.6 Å². The number of anilines is 1. The van der Waals surface area contributed by atoms with E-state index in [1.165, 1.54) is 24.0 Å². The molecule has 2 rings (SSSR count). The van der Waals surface area contributed by atoms with Crippen LogP contribution in [0, 0.1) is 11.7 Å². The lowest BCUT2D eigenvalue weighted by Gasteiger charge is -2.14. The highest BCUT2D eigenvalue weighted by atomic mass is 35.5. The van der Waals surface area contributed by atoms with E-state index >= 15 is 0 Å². The summed E-state index contributed by atoms with van der Waals surface area (Å²) in [6.45, 7) is 1.79. The van der Waals surface area contributed by atoms with Gasteiger partial charge in [-0.15, -0.1) is 0 Å². The van der Waals surface area contributed by atoms with Gasteiger partial charge in [0.25, 0.3) is 5.91 Å². The summed E-state index contributed by atoms with van der Waals surface area (Å²) in [7, 11) is 0. The second-order valence-electron chi connectivity index (χ2n) is 4.91. The number of hydrogen-bond donors (Lipinski definition) is 1. The Morgan fingerprint density at radius 3 is 2.64 bits per heavy atom. The summed E-state index contributed by atoms with van der Waals surface area (Å²) in [6.07, 6.45) is 0.486. The molecule has 0 saturated carbocycles. The number of halogens is 2. The monoisotopic (exact) mass is 346 g/mol. The van der Waals surface area contributed by atoms with Gasteiger partial charge in [-0.2, -0.15) is 13.5 Å². The molecular formula is C14H16ClFN2O3S. The van der Waals surface area contributed by atoms with Gasteiger partial charge in [0.1, 0.15) is 5.82 Å². The molecule has 8 heteroatoms. The van der Waals surface area contributed by atoms with E-state index in [1.54, 1.807) is 0 Å². The second-order valence-corrected chi connectivity index (χ2v) is 5.32. The molecule has 1 aliphatic heterocycles. The van der Waals surface area contributed by atoms with Crippen molar-refractivity contribution in [1.29, 1.82) is 0 Å². The fourth-order valence-electron chi connectivity index (χ4n) is 2.20. The third-order valence-electron chi connectivity index (χ3n) is 3.33. The number of nitrogens with one attached hydrogen (secondary N) is 1. The van der Waals surface area contributed by atoms with E-state index in [0.717, 1.165) is 6.07 Å².